The van der Waals surface area contributed by atoms with E-state index in [1.54, 1.807) is 18.2 Å². The number of methoxy groups -OCH3 is 1. The van der Waals surface area contributed by atoms with Crippen molar-refractivity contribution in [1.29, 1.82) is 0 Å². The summed E-state index contributed by atoms with van der Waals surface area (Å²) in [6, 6.07) is 4.77. The number of esters is 1. The SMILES string of the molecule is COC(=O)C1(C(F)F)Cc2cccc(Br)c2C1=O. The van der Waals surface area contributed by atoms with Crippen LogP contribution in [0.5, 0.6) is 0 Å². The lowest BCUT2D eigenvalue weighted by Gasteiger charge is -2.22. The second kappa shape index (κ2) is 4.42. The number of rotatable bonds is 2. The average Bonchev–Trinajstić information content (AvgIpc) is 2.64. The first-order chi connectivity index (χ1) is 8.45. The van der Waals surface area contributed by atoms with Crippen LogP contribution in [0.15, 0.2) is 22.7 Å². The Labute approximate surface area is 110 Å². The molecule has 1 aromatic rings. The summed E-state index contributed by atoms with van der Waals surface area (Å²) < 4.78 is 31.3. The van der Waals surface area contributed by atoms with E-state index in [2.05, 4.69) is 20.7 Å². The van der Waals surface area contributed by atoms with Gasteiger partial charge in [-0.1, -0.05) is 28.1 Å². The Hall–Kier alpha value is -1.30. The number of alkyl halides is 2. The van der Waals surface area contributed by atoms with E-state index in [1.165, 1.54) is 0 Å². The van der Waals surface area contributed by atoms with Gasteiger partial charge in [0.2, 0.25) is 0 Å². The van der Waals surface area contributed by atoms with Gasteiger partial charge in [-0.2, -0.15) is 0 Å². The molecule has 1 aliphatic rings. The van der Waals surface area contributed by atoms with Crippen LogP contribution >= 0.6 is 15.9 Å². The Bertz CT molecular complexity index is 530. The van der Waals surface area contributed by atoms with Crippen molar-refractivity contribution in [3.05, 3.63) is 33.8 Å². The molecule has 1 unspecified atom stereocenters. The van der Waals surface area contributed by atoms with E-state index in [0.29, 0.717) is 10.0 Å². The summed E-state index contributed by atoms with van der Waals surface area (Å²) in [6.45, 7) is 0. The monoisotopic (exact) mass is 318 g/mol. The third-order valence-electron chi connectivity index (χ3n) is 3.12. The zero-order valence-corrected chi connectivity index (χ0v) is 11.0. The van der Waals surface area contributed by atoms with Crippen LogP contribution in [0.25, 0.3) is 0 Å². The molecule has 0 fully saturated rings. The van der Waals surface area contributed by atoms with Crippen molar-refractivity contribution < 1.29 is 23.1 Å². The summed E-state index contributed by atoms with van der Waals surface area (Å²) in [6.07, 6.45) is -3.43. The predicted octanol–water partition coefficient (Wildman–Crippen LogP) is 2.61. The van der Waals surface area contributed by atoms with Gasteiger partial charge in [0.05, 0.1) is 7.11 Å². The molecule has 0 heterocycles. The quantitative estimate of drug-likeness (QED) is 0.622. The number of carbonyl (C=O) groups is 2. The molecule has 0 aliphatic heterocycles. The first kappa shape index (κ1) is 13.1. The smallest absolute Gasteiger partial charge is 0.326 e. The van der Waals surface area contributed by atoms with Crippen molar-refractivity contribution in [2.24, 2.45) is 5.41 Å². The van der Waals surface area contributed by atoms with Gasteiger partial charge in [0, 0.05) is 16.5 Å². The second-order valence-electron chi connectivity index (χ2n) is 4.04. The molecule has 1 atom stereocenters. The summed E-state index contributed by atoms with van der Waals surface area (Å²) in [4.78, 5) is 23.8. The lowest BCUT2D eigenvalue weighted by Crippen LogP contribution is -2.44. The van der Waals surface area contributed by atoms with E-state index in [-0.39, 0.29) is 12.0 Å². The van der Waals surface area contributed by atoms with Crippen LogP contribution in [-0.4, -0.2) is 25.3 Å². The van der Waals surface area contributed by atoms with Crippen LogP contribution < -0.4 is 0 Å². The molecule has 0 aromatic heterocycles. The van der Waals surface area contributed by atoms with Gasteiger partial charge in [-0.3, -0.25) is 9.59 Å². The highest BCUT2D eigenvalue weighted by Crippen LogP contribution is 2.44. The minimum absolute atomic E-state index is 0.142. The van der Waals surface area contributed by atoms with Gasteiger partial charge in [0.15, 0.2) is 11.2 Å². The molecule has 0 radical (unpaired) electrons. The van der Waals surface area contributed by atoms with E-state index >= 15 is 0 Å². The number of hydrogen-bond acceptors (Lipinski definition) is 3. The molecule has 2 rings (SSSR count). The highest BCUT2D eigenvalue weighted by atomic mass is 79.9. The topological polar surface area (TPSA) is 43.4 Å². The molecule has 6 heteroatoms. The van der Waals surface area contributed by atoms with E-state index in [9.17, 15) is 18.4 Å². The van der Waals surface area contributed by atoms with E-state index in [1.807, 2.05) is 0 Å². The summed E-state index contributed by atoms with van der Waals surface area (Å²) in [5, 5.41) is 0. The van der Waals surface area contributed by atoms with Gasteiger partial charge in [0.1, 0.15) is 0 Å². The Kier molecular flexibility index (Phi) is 3.23. The molecule has 1 aliphatic carbocycles. The Morgan fingerprint density at radius 2 is 2.17 bits per heavy atom. The number of halogens is 3. The first-order valence-corrected chi connectivity index (χ1v) is 5.93. The maximum absolute atomic E-state index is 13.2. The van der Waals surface area contributed by atoms with Gasteiger partial charge < -0.3 is 4.74 Å². The number of carbonyl (C=O) groups excluding carboxylic acids is 2. The van der Waals surface area contributed by atoms with Crippen LogP contribution in [0.1, 0.15) is 15.9 Å². The van der Waals surface area contributed by atoms with Gasteiger partial charge >= 0.3 is 5.97 Å². The summed E-state index contributed by atoms with van der Waals surface area (Å²) in [7, 11) is 0.998. The van der Waals surface area contributed by atoms with Crippen molar-refractivity contribution in [1.82, 2.24) is 0 Å². The molecule has 0 spiro atoms. The van der Waals surface area contributed by atoms with E-state index < -0.39 is 23.6 Å². The lowest BCUT2D eigenvalue weighted by molar-refractivity contribution is -0.157. The largest absolute Gasteiger partial charge is 0.468 e. The standard InChI is InChI=1S/C12H9BrF2O3/c1-18-11(17)12(10(14)15)5-6-3-2-4-7(13)8(6)9(12)16/h2-4,10H,5H2,1H3. The number of hydrogen-bond donors (Lipinski definition) is 0. The van der Waals surface area contributed by atoms with Crippen molar-refractivity contribution in [3.8, 4) is 0 Å². The number of ether oxygens (including phenoxy) is 1. The molecular weight excluding hydrogens is 310 g/mol. The van der Waals surface area contributed by atoms with Crippen LogP contribution in [0.4, 0.5) is 8.78 Å². The lowest BCUT2D eigenvalue weighted by atomic mass is 9.84. The fraction of sp³-hybridized carbons (Fsp3) is 0.333. The minimum atomic E-state index is -3.10. The van der Waals surface area contributed by atoms with Crippen LogP contribution in [0.3, 0.4) is 0 Å². The first-order valence-electron chi connectivity index (χ1n) is 5.14. The second-order valence-corrected chi connectivity index (χ2v) is 4.90. The van der Waals surface area contributed by atoms with Gasteiger partial charge in [-0.15, -0.1) is 0 Å². The van der Waals surface area contributed by atoms with Crippen LogP contribution in [0.2, 0.25) is 0 Å². The maximum Gasteiger partial charge on any atom is 0.326 e. The molecule has 18 heavy (non-hydrogen) atoms. The van der Waals surface area contributed by atoms with Crippen LogP contribution in [0, 0.1) is 5.41 Å². The number of Topliss-reactive ketones (excluding diaryl/α,β-unsaturated/α-hetero) is 1. The fourth-order valence-electron chi connectivity index (χ4n) is 2.19. The molecule has 0 N–H and O–H groups in total. The Morgan fingerprint density at radius 3 is 2.67 bits per heavy atom. The fourth-order valence-corrected chi connectivity index (χ4v) is 2.77. The zero-order chi connectivity index (χ0) is 13.5. The molecule has 0 bridgehead atoms. The zero-order valence-electron chi connectivity index (χ0n) is 9.38. The highest BCUT2D eigenvalue weighted by Gasteiger charge is 2.59. The third kappa shape index (κ3) is 1.59. The molecule has 3 nitrogen and oxygen atoms in total. The van der Waals surface area contributed by atoms with E-state index in [4.69, 9.17) is 0 Å². The minimum Gasteiger partial charge on any atom is -0.468 e. The molecular formula is C12H9BrF2O3. The Balaban J connectivity index is 2.61. The third-order valence-corrected chi connectivity index (χ3v) is 3.78. The maximum atomic E-state index is 13.2. The number of ketones is 1. The van der Waals surface area contributed by atoms with Gasteiger partial charge in [0.25, 0.3) is 6.43 Å². The normalized spacial score (nSPS) is 22.2. The predicted molar refractivity (Wildman–Crippen MR) is 62.6 cm³/mol. The van der Waals surface area contributed by atoms with Crippen LogP contribution in [-0.2, 0) is 16.0 Å². The summed E-state index contributed by atoms with van der Waals surface area (Å²) >= 11 is 3.14. The number of benzene rings is 1. The van der Waals surface area contributed by atoms with Gasteiger partial charge in [-0.05, 0) is 11.6 Å². The van der Waals surface area contributed by atoms with Gasteiger partial charge in [-0.25, -0.2) is 8.78 Å². The molecule has 0 saturated heterocycles. The average molecular weight is 319 g/mol. The summed E-state index contributed by atoms with van der Waals surface area (Å²) in [5.74, 6) is -2.07. The molecule has 0 amide bonds. The van der Waals surface area contributed by atoms with Crippen molar-refractivity contribution in [2.45, 2.75) is 12.8 Å². The molecule has 1 aromatic carbocycles. The van der Waals surface area contributed by atoms with E-state index in [0.717, 1.165) is 7.11 Å². The number of fused-ring (bicyclic) bond motifs is 1. The molecule has 96 valence electrons. The Morgan fingerprint density at radius 1 is 1.50 bits per heavy atom. The molecule has 0 saturated carbocycles. The van der Waals surface area contributed by atoms with Crippen molar-refractivity contribution in [2.75, 3.05) is 7.11 Å². The van der Waals surface area contributed by atoms with Crippen molar-refractivity contribution in [3.63, 3.8) is 0 Å². The highest BCUT2D eigenvalue weighted by molar-refractivity contribution is 9.10. The summed E-state index contributed by atoms with van der Waals surface area (Å²) in [5.41, 5.74) is -1.83. The van der Waals surface area contributed by atoms with Crippen molar-refractivity contribution >= 4 is 27.7 Å².